The Morgan fingerprint density at radius 1 is 1.20 bits per heavy atom. The number of aryl methyl sites for hydroxylation is 1. The fraction of sp³-hybridized carbons (Fsp3) is 0.250. The predicted molar refractivity (Wildman–Crippen MR) is 92.2 cm³/mol. The third kappa shape index (κ3) is 3.71. The van der Waals surface area contributed by atoms with Gasteiger partial charge in [-0.2, -0.15) is 0 Å². The summed E-state index contributed by atoms with van der Waals surface area (Å²) in [6, 6.07) is 8.70. The normalized spacial score (nSPS) is 12.3. The van der Waals surface area contributed by atoms with Crippen molar-refractivity contribution >= 4 is 16.9 Å². The molecule has 1 aromatic heterocycles. The van der Waals surface area contributed by atoms with Crippen LogP contribution in [0.15, 0.2) is 47.1 Å². The molecule has 5 heteroatoms. The predicted octanol–water partition coefficient (Wildman–Crippen LogP) is 4.69. The maximum Gasteiger partial charge on any atom is 0.225 e. The van der Waals surface area contributed by atoms with Gasteiger partial charge in [-0.15, -0.1) is 0 Å². The van der Waals surface area contributed by atoms with Crippen molar-refractivity contribution in [3.05, 3.63) is 71.0 Å². The molecule has 1 amide bonds. The van der Waals surface area contributed by atoms with Gasteiger partial charge in [0.2, 0.25) is 5.91 Å². The second kappa shape index (κ2) is 7.05. The van der Waals surface area contributed by atoms with Gasteiger partial charge >= 0.3 is 0 Å². The molecule has 130 valence electrons. The van der Waals surface area contributed by atoms with Crippen LogP contribution in [0.1, 0.15) is 36.6 Å². The standard InChI is InChI=1S/C20H19F2NO2/c1-3-13-4-6-17-14(11-25-19(17)8-13)9-20(24)23-12(2)16-7-5-15(21)10-18(16)22/h4-8,10-12H,3,9H2,1-2H3,(H,23,24)/t12-/m0/s1. The number of hydrogen-bond acceptors (Lipinski definition) is 2. The fourth-order valence-corrected chi connectivity index (χ4v) is 2.88. The number of furan rings is 1. The zero-order valence-corrected chi connectivity index (χ0v) is 14.1. The summed E-state index contributed by atoms with van der Waals surface area (Å²) < 4.78 is 32.3. The Morgan fingerprint density at radius 3 is 2.72 bits per heavy atom. The van der Waals surface area contributed by atoms with Crippen molar-refractivity contribution in [2.24, 2.45) is 0 Å². The number of hydrogen-bond donors (Lipinski definition) is 1. The van der Waals surface area contributed by atoms with E-state index in [1.54, 1.807) is 13.2 Å². The molecular weight excluding hydrogens is 324 g/mol. The van der Waals surface area contributed by atoms with Gasteiger partial charge in [0.15, 0.2) is 0 Å². The van der Waals surface area contributed by atoms with Gasteiger partial charge in [0.1, 0.15) is 17.2 Å². The van der Waals surface area contributed by atoms with E-state index in [0.29, 0.717) is 0 Å². The van der Waals surface area contributed by atoms with Crippen molar-refractivity contribution in [1.82, 2.24) is 5.32 Å². The summed E-state index contributed by atoms with van der Waals surface area (Å²) in [5.41, 5.74) is 2.94. The van der Waals surface area contributed by atoms with E-state index < -0.39 is 17.7 Å². The lowest BCUT2D eigenvalue weighted by molar-refractivity contribution is -0.121. The van der Waals surface area contributed by atoms with E-state index in [2.05, 4.69) is 12.2 Å². The molecule has 1 N–H and O–H groups in total. The first-order valence-electron chi connectivity index (χ1n) is 8.21. The molecule has 0 unspecified atom stereocenters. The van der Waals surface area contributed by atoms with E-state index in [1.807, 2.05) is 18.2 Å². The van der Waals surface area contributed by atoms with Gasteiger partial charge in [0.25, 0.3) is 0 Å². The van der Waals surface area contributed by atoms with Crippen molar-refractivity contribution in [3.63, 3.8) is 0 Å². The number of nitrogens with one attached hydrogen (secondary N) is 1. The van der Waals surface area contributed by atoms with Gasteiger partial charge in [-0.05, 0) is 31.0 Å². The highest BCUT2D eigenvalue weighted by Gasteiger charge is 2.16. The summed E-state index contributed by atoms with van der Waals surface area (Å²) in [7, 11) is 0. The number of carbonyl (C=O) groups excluding carboxylic acids is 1. The number of amides is 1. The first-order chi connectivity index (χ1) is 12.0. The molecule has 3 aromatic rings. The highest BCUT2D eigenvalue weighted by Crippen LogP contribution is 2.24. The maximum absolute atomic E-state index is 13.8. The Bertz CT molecular complexity index is 917. The lowest BCUT2D eigenvalue weighted by Gasteiger charge is -2.15. The number of rotatable bonds is 5. The largest absolute Gasteiger partial charge is 0.464 e. The zero-order chi connectivity index (χ0) is 18.0. The Morgan fingerprint density at radius 2 is 2.00 bits per heavy atom. The van der Waals surface area contributed by atoms with Crippen molar-refractivity contribution in [2.45, 2.75) is 32.7 Å². The first-order valence-corrected chi connectivity index (χ1v) is 8.21. The molecule has 2 aromatic carbocycles. The summed E-state index contributed by atoms with van der Waals surface area (Å²) in [5.74, 6) is -1.57. The molecule has 0 aliphatic heterocycles. The molecule has 3 nitrogen and oxygen atoms in total. The lowest BCUT2D eigenvalue weighted by Crippen LogP contribution is -2.28. The van der Waals surface area contributed by atoms with E-state index in [4.69, 9.17) is 4.42 Å². The SMILES string of the molecule is CCc1ccc2c(CC(=O)N[C@@H](C)c3ccc(F)cc3F)coc2c1. The molecule has 3 rings (SSSR count). The molecule has 0 saturated heterocycles. The van der Waals surface area contributed by atoms with E-state index in [0.717, 1.165) is 29.0 Å². The van der Waals surface area contributed by atoms with E-state index >= 15 is 0 Å². The Balaban J connectivity index is 1.72. The average molecular weight is 343 g/mol. The van der Waals surface area contributed by atoms with Gasteiger partial charge in [0.05, 0.1) is 18.7 Å². The molecule has 1 heterocycles. The first kappa shape index (κ1) is 17.1. The molecular formula is C20H19F2NO2. The fourth-order valence-electron chi connectivity index (χ4n) is 2.88. The number of carbonyl (C=O) groups is 1. The van der Waals surface area contributed by atoms with E-state index in [9.17, 15) is 13.6 Å². The van der Waals surface area contributed by atoms with Crippen LogP contribution in [0.3, 0.4) is 0 Å². The second-order valence-electron chi connectivity index (χ2n) is 6.08. The minimum atomic E-state index is -0.673. The van der Waals surface area contributed by atoms with Crippen LogP contribution in [0.4, 0.5) is 8.78 Å². The third-order valence-electron chi connectivity index (χ3n) is 4.29. The molecule has 1 atom stereocenters. The monoisotopic (exact) mass is 343 g/mol. The highest BCUT2D eigenvalue weighted by atomic mass is 19.1. The van der Waals surface area contributed by atoms with Crippen LogP contribution in [0.5, 0.6) is 0 Å². The molecule has 0 saturated carbocycles. The number of halogens is 2. The molecule has 0 aliphatic rings. The van der Waals surface area contributed by atoms with Crippen LogP contribution in [0, 0.1) is 11.6 Å². The minimum Gasteiger partial charge on any atom is -0.464 e. The van der Waals surface area contributed by atoms with Gasteiger partial charge in [-0.3, -0.25) is 4.79 Å². The topological polar surface area (TPSA) is 42.2 Å². The zero-order valence-electron chi connectivity index (χ0n) is 14.1. The molecule has 0 aliphatic carbocycles. The summed E-state index contributed by atoms with van der Waals surface area (Å²) >= 11 is 0. The van der Waals surface area contributed by atoms with E-state index in [1.165, 1.54) is 17.7 Å². The van der Waals surface area contributed by atoms with Crippen LogP contribution < -0.4 is 5.32 Å². The quantitative estimate of drug-likeness (QED) is 0.730. The van der Waals surface area contributed by atoms with Crippen LogP contribution in [-0.4, -0.2) is 5.91 Å². The minimum absolute atomic E-state index is 0.131. The van der Waals surface area contributed by atoms with Crippen molar-refractivity contribution < 1.29 is 18.0 Å². The number of fused-ring (bicyclic) bond motifs is 1. The Kier molecular flexibility index (Phi) is 4.83. The summed E-state index contributed by atoms with van der Waals surface area (Å²) in [4.78, 5) is 12.3. The Labute approximate surface area is 144 Å². The number of benzene rings is 2. The van der Waals surface area contributed by atoms with Gasteiger partial charge in [-0.25, -0.2) is 8.78 Å². The highest BCUT2D eigenvalue weighted by molar-refractivity contribution is 5.88. The van der Waals surface area contributed by atoms with Crippen LogP contribution >= 0.6 is 0 Å². The van der Waals surface area contributed by atoms with Crippen LogP contribution in [0.25, 0.3) is 11.0 Å². The van der Waals surface area contributed by atoms with Gasteiger partial charge in [0, 0.05) is 22.6 Å². The second-order valence-corrected chi connectivity index (χ2v) is 6.08. The van der Waals surface area contributed by atoms with Crippen molar-refractivity contribution in [1.29, 1.82) is 0 Å². The molecule has 0 spiro atoms. The van der Waals surface area contributed by atoms with Crippen molar-refractivity contribution in [2.75, 3.05) is 0 Å². The molecule has 0 bridgehead atoms. The molecule has 25 heavy (non-hydrogen) atoms. The van der Waals surface area contributed by atoms with Crippen molar-refractivity contribution in [3.8, 4) is 0 Å². The summed E-state index contributed by atoms with van der Waals surface area (Å²) in [6.45, 7) is 3.73. The lowest BCUT2D eigenvalue weighted by atomic mass is 10.1. The van der Waals surface area contributed by atoms with Gasteiger partial charge < -0.3 is 9.73 Å². The maximum atomic E-state index is 13.8. The van der Waals surface area contributed by atoms with E-state index in [-0.39, 0.29) is 17.9 Å². The smallest absolute Gasteiger partial charge is 0.225 e. The summed E-state index contributed by atoms with van der Waals surface area (Å²) in [5, 5.41) is 3.64. The third-order valence-corrected chi connectivity index (χ3v) is 4.29. The molecule has 0 radical (unpaired) electrons. The summed E-state index contributed by atoms with van der Waals surface area (Å²) in [6.07, 6.45) is 2.62. The average Bonchev–Trinajstić information content (AvgIpc) is 2.96. The van der Waals surface area contributed by atoms with Crippen LogP contribution in [-0.2, 0) is 17.6 Å². The Hall–Kier alpha value is -2.69. The molecule has 0 fully saturated rings. The van der Waals surface area contributed by atoms with Gasteiger partial charge in [-0.1, -0.05) is 25.1 Å². The van der Waals surface area contributed by atoms with Crippen LogP contribution in [0.2, 0.25) is 0 Å².